The molecule has 0 fully saturated rings. The van der Waals surface area contributed by atoms with Crippen molar-refractivity contribution in [1.82, 2.24) is 0 Å². The first-order valence-corrected chi connectivity index (χ1v) is 8.76. The lowest BCUT2D eigenvalue weighted by Gasteiger charge is -2.14. The molecule has 0 radical (unpaired) electrons. The van der Waals surface area contributed by atoms with Crippen LogP contribution in [0.5, 0.6) is 23.0 Å². The van der Waals surface area contributed by atoms with Crippen molar-refractivity contribution in [2.45, 2.75) is 6.42 Å². The van der Waals surface area contributed by atoms with Crippen molar-refractivity contribution in [2.75, 3.05) is 34.5 Å². The second-order valence-electron chi connectivity index (χ2n) is 5.35. The van der Waals surface area contributed by atoms with Crippen LogP contribution in [-0.2, 0) is 16.0 Å². The molecule has 0 unspecified atom stereocenters. The number of rotatable bonds is 9. The quantitative estimate of drug-likeness (QED) is 0.452. The van der Waals surface area contributed by atoms with Gasteiger partial charge in [-0.1, -0.05) is 23.2 Å². The summed E-state index contributed by atoms with van der Waals surface area (Å²) >= 11 is 11.8. The second-order valence-corrected chi connectivity index (χ2v) is 6.20. The fourth-order valence-corrected chi connectivity index (χ4v) is 2.82. The number of methoxy groups -OCH3 is 3. The van der Waals surface area contributed by atoms with Gasteiger partial charge in [0, 0.05) is 5.02 Å². The predicted molar refractivity (Wildman–Crippen MR) is 103 cm³/mol. The Morgan fingerprint density at radius 3 is 2.11 bits per heavy atom. The van der Waals surface area contributed by atoms with Gasteiger partial charge >= 0.3 is 5.97 Å². The molecule has 146 valence electrons. The molecule has 0 saturated carbocycles. The van der Waals surface area contributed by atoms with Crippen LogP contribution in [0.15, 0.2) is 30.3 Å². The first-order chi connectivity index (χ1) is 13.0. The topological polar surface area (TPSA) is 63.2 Å². The summed E-state index contributed by atoms with van der Waals surface area (Å²) in [5.41, 5.74) is 0.677. The second kappa shape index (κ2) is 10.1. The summed E-state index contributed by atoms with van der Waals surface area (Å²) in [6, 6.07) is 8.30. The highest BCUT2D eigenvalue weighted by atomic mass is 35.5. The Hall–Kier alpha value is -2.31. The van der Waals surface area contributed by atoms with E-state index in [0.29, 0.717) is 38.6 Å². The lowest BCUT2D eigenvalue weighted by Crippen LogP contribution is -2.14. The highest BCUT2D eigenvalue weighted by molar-refractivity contribution is 6.35. The summed E-state index contributed by atoms with van der Waals surface area (Å²) in [6.45, 7) is 0.255. The number of carbonyl (C=O) groups excluding carboxylic acids is 1. The fraction of sp³-hybridized carbons (Fsp3) is 0.316. The largest absolute Gasteiger partial charge is 0.493 e. The molecule has 0 aliphatic heterocycles. The maximum Gasteiger partial charge on any atom is 0.310 e. The van der Waals surface area contributed by atoms with Crippen LogP contribution in [0, 0.1) is 0 Å². The zero-order valence-electron chi connectivity index (χ0n) is 15.2. The van der Waals surface area contributed by atoms with Crippen molar-refractivity contribution in [3.05, 3.63) is 45.9 Å². The van der Waals surface area contributed by atoms with E-state index in [2.05, 4.69) is 0 Å². The number of halogens is 2. The van der Waals surface area contributed by atoms with Crippen molar-refractivity contribution in [3.63, 3.8) is 0 Å². The van der Waals surface area contributed by atoms with E-state index in [9.17, 15) is 4.79 Å². The van der Waals surface area contributed by atoms with Crippen molar-refractivity contribution < 1.29 is 28.5 Å². The number of hydrogen-bond acceptors (Lipinski definition) is 6. The molecule has 6 nitrogen and oxygen atoms in total. The zero-order valence-corrected chi connectivity index (χ0v) is 16.7. The van der Waals surface area contributed by atoms with Crippen molar-refractivity contribution in [2.24, 2.45) is 0 Å². The standard InChI is InChI=1S/C19H20Cl2O6/c1-23-16-8-12(9-17(24-2)19(16)25-3)10-18(22)27-7-6-26-15-5-4-13(20)11-14(15)21/h4-5,8-9,11H,6-7,10H2,1-3H3. The van der Waals surface area contributed by atoms with E-state index in [1.807, 2.05) is 0 Å². The normalized spacial score (nSPS) is 10.3. The fourth-order valence-electron chi connectivity index (χ4n) is 2.35. The Morgan fingerprint density at radius 1 is 0.889 bits per heavy atom. The SMILES string of the molecule is COc1cc(CC(=O)OCCOc2ccc(Cl)cc2Cl)cc(OC)c1OC. The maximum atomic E-state index is 12.1. The van der Waals surface area contributed by atoms with Gasteiger partial charge in [-0.05, 0) is 35.9 Å². The molecule has 0 N–H and O–H groups in total. The lowest BCUT2D eigenvalue weighted by molar-refractivity contribution is -0.143. The van der Waals surface area contributed by atoms with Crippen molar-refractivity contribution in [1.29, 1.82) is 0 Å². The van der Waals surface area contributed by atoms with Gasteiger partial charge in [-0.25, -0.2) is 0 Å². The molecule has 0 amide bonds. The molecular weight excluding hydrogens is 395 g/mol. The summed E-state index contributed by atoms with van der Waals surface area (Å²) in [5.74, 6) is 1.47. The molecule has 2 aromatic rings. The highest BCUT2D eigenvalue weighted by Crippen LogP contribution is 2.38. The maximum absolute atomic E-state index is 12.1. The van der Waals surface area contributed by atoms with Crippen molar-refractivity contribution in [3.8, 4) is 23.0 Å². The van der Waals surface area contributed by atoms with Crippen LogP contribution < -0.4 is 18.9 Å². The molecule has 0 atom stereocenters. The van der Waals surface area contributed by atoms with E-state index in [-0.39, 0.29) is 19.6 Å². The number of ether oxygens (including phenoxy) is 5. The van der Waals surface area contributed by atoms with Crippen LogP contribution in [0.1, 0.15) is 5.56 Å². The summed E-state index contributed by atoms with van der Waals surface area (Å²) in [4.78, 5) is 12.1. The number of benzene rings is 2. The van der Waals surface area contributed by atoms with Crippen LogP contribution >= 0.6 is 23.2 Å². The summed E-state index contributed by atoms with van der Waals surface area (Å²) in [7, 11) is 4.54. The zero-order chi connectivity index (χ0) is 19.8. The summed E-state index contributed by atoms with van der Waals surface area (Å²) in [6.07, 6.45) is 0.0540. The molecule has 8 heteroatoms. The van der Waals surface area contributed by atoms with E-state index in [0.717, 1.165) is 0 Å². The molecule has 0 aliphatic rings. The molecule has 0 saturated heterocycles. The van der Waals surface area contributed by atoms with Gasteiger partial charge in [0.05, 0.1) is 32.8 Å². The lowest BCUT2D eigenvalue weighted by atomic mass is 10.1. The van der Waals surface area contributed by atoms with Gasteiger partial charge in [0.15, 0.2) is 11.5 Å². The summed E-state index contributed by atoms with van der Waals surface area (Å²) in [5, 5.41) is 0.912. The van der Waals surface area contributed by atoms with Gasteiger partial charge in [0.2, 0.25) is 5.75 Å². The van der Waals surface area contributed by atoms with E-state index in [1.165, 1.54) is 21.3 Å². The van der Waals surface area contributed by atoms with Gasteiger partial charge in [-0.15, -0.1) is 0 Å². The molecule has 0 spiro atoms. The number of carbonyl (C=O) groups is 1. The third-order valence-electron chi connectivity index (χ3n) is 3.57. The van der Waals surface area contributed by atoms with Crippen LogP contribution in [0.4, 0.5) is 0 Å². The van der Waals surface area contributed by atoms with Gasteiger partial charge in [-0.2, -0.15) is 0 Å². The molecule has 0 bridgehead atoms. The van der Waals surface area contributed by atoms with Crippen LogP contribution in [-0.4, -0.2) is 40.5 Å². The van der Waals surface area contributed by atoms with Gasteiger partial charge in [-0.3, -0.25) is 4.79 Å². The molecule has 0 heterocycles. The Morgan fingerprint density at radius 2 is 1.56 bits per heavy atom. The average Bonchev–Trinajstić information content (AvgIpc) is 2.65. The van der Waals surface area contributed by atoms with E-state index < -0.39 is 5.97 Å². The van der Waals surface area contributed by atoms with E-state index in [1.54, 1.807) is 30.3 Å². The minimum absolute atomic E-state index is 0.0540. The highest BCUT2D eigenvalue weighted by Gasteiger charge is 2.15. The molecular formula is C19H20Cl2O6. The Bertz CT molecular complexity index is 769. The van der Waals surface area contributed by atoms with Gasteiger partial charge in [0.25, 0.3) is 0 Å². The van der Waals surface area contributed by atoms with Crippen LogP contribution in [0.2, 0.25) is 10.0 Å². The van der Waals surface area contributed by atoms with Crippen LogP contribution in [0.3, 0.4) is 0 Å². The van der Waals surface area contributed by atoms with E-state index in [4.69, 9.17) is 46.9 Å². The molecule has 27 heavy (non-hydrogen) atoms. The average molecular weight is 415 g/mol. The summed E-state index contributed by atoms with van der Waals surface area (Å²) < 4.78 is 26.5. The monoisotopic (exact) mass is 414 g/mol. The smallest absolute Gasteiger partial charge is 0.310 e. The number of esters is 1. The Kier molecular flexibility index (Phi) is 7.88. The third-order valence-corrected chi connectivity index (χ3v) is 4.10. The molecule has 2 rings (SSSR count). The van der Waals surface area contributed by atoms with Crippen molar-refractivity contribution >= 4 is 29.2 Å². The first-order valence-electron chi connectivity index (χ1n) is 8.00. The van der Waals surface area contributed by atoms with Gasteiger partial charge in [0.1, 0.15) is 19.0 Å². The predicted octanol–water partition coefficient (Wildman–Crippen LogP) is 4.18. The minimum Gasteiger partial charge on any atom is -0.493 e. The molecule has 0 aromatic heterocycles. The van der Waals surface area contributed by atoms with Gasteiger partial charge < -0.3 is 23.7 Å². The number of hydrogen-bond donors (Lipinski definition) is 0. The first kappa shape index (κ1) is 21.0. The third kappa shape index (κ3) is 5.84. The Labute approximate surface area is 167 Å². The van der Waals surface area contributed by atoms with Crippen LogP contribution in [0.25, 0.3) is 0 Å². The van der Waals surface area contributed by atoms with E-state index >= 15 is 0 Å². The minimum atomic E-state index is -0.407. The Balaban J connectivity index is 1.88. The molecule has 2 aromatic carbocycles. The molecule has 0 aliphatic carbocycles.